The lowest BCUT2D eigenvalue weighted by Gasteiger charge is -2.03. The van der Waals surface area contributed by atoms with Crippen molar-refractivity contribution < 1.29 is 0 Å². The van der Waals surface area contributed by atoms with Crippen molar-refractivity contribution in [2.75, 3.05) is 0 Å². The molecule has 1 aromatic rings. The molecule has 0 unspecified atom stereocenters. The SMILES string of the molecule is [CH2]Cc1ccc(C2CC2)c(Cl)c1. The Morgan fingerprint density at radius 3 is 2.67 bits per heavy atom. The van der Waals surface area contributed by atoms with Crippen LogP contribution in [-0.2, 0) is 6.42 Å². The lowest BCUT2D eigenvalue weighted by molar-refractivity contribution is 1.12. The van der Waals surface area contributed by atoms with Gasteiger partial charge in [-0.05, 0) is 49.3 Å². The van der Waals surface area contributed by atoms with E-state index in [4.69, 9.17) is 11.6 Å². The first-order chi connectivity index (χ1) is 5.81. The summed E-state index contributed by atoms with van der Waals surface area (Å²) in [6, 6.07) is 6.33. The van der Waals surface area contributed by atoms with Gasteiger partial charge in [-0.2, -0.15) is 0 Å². The highest BCUT2D eigenvalue weighted by Crippen LogP contribution is 2.43. The van der Waals surface area contributed by atoms with Crippen molar-refractivity contribution in [3.63, 3.8) is 0 Å². The highest BCUT2D eigenvalue weighted by molar-refractivity contribution is 6.31. The molecule has 1 radical (unpaired) electrons. The molecule has 0 amide bonds. The third kappa shape index (κ3) is 1.49. The minimum Gasteiger partial charge on any atom is -0.0840 e. The van der Waals surface area contributed by atoms with Crippen molar-refractivity contribution in [1.82, 2.24) is 0 Å². The topological polar surface area (TPSA) is 0 Å². The fourth-order valence-corrected chi connectivity index (χ4v) is 1.81. The van der Waals surface area contributed by atoms with E-state index in [9.17, 15) is 0 Å². The van der Waals surface area contributed by atoms with Gasteiger partial charge in [0.1, 0.15) is 0 Å². The van der Waals surface area contributed by atoms with Gasteiger partial charge in [-0.1, -0.05) is 23.7 Å². The van der Waals surface area contributed by atoms with Crippen molar-refractivity contribution >= 4 is 11.6 Å². The maximum atomic E-state index is 6.12. The first kappa shape index (κ1) is 8.12. The van der Waals surface area contributed by atoms with Crippen LogP contribution in [0.3, 0.4) is 0 Å². The van der Waals surface area contributed by atoms with E-state index in [1.807, 2.05) is 6.07 Å². The molecule has 0 heterocycles. The van der Waals surface area contributed by atoms with Gasteiger partial charge in [0, 0.05) is 5.02 Å². The molecule has 1 fully saturated rings. The van der Waals surface area contributed by atoms with Crippen molar-refractivity contribution in [3.05, 3.63) is 41.3 Å². The maximum absolute atomic E-state index is 6.12. The van der Waals surface area contributed by atoms with Crippen LogP contribution in [0.25, 0.3) is 0 Å². The van der Waals surface area contributed by atoms with E-state index in [2.05, 4.69) is 19.1 Å². The Morgan fingerprint density at radius 2 is 2.17 bits per heavy atom. The van der Waals surface area contributed by atoms with Gasteiger partial charge in [0.2, 0.25) is 0 Å². The molecule has 1 aromatic carbocycles. The fourth-order valence-electron chi connectivity index (χ4n) is 1.45. The molecule has 1 aliphatic carbocycles. The number of hydrogen-bond donors (Lipinski definition) is 0. The quantitative estimate of drug-likeness (QED) is 0.651. The normalized spacial score (nSPS) is 16.5. The van der Waals surface area contributed by atoms with Gasteiger partial charge in [0.05, 0.1) is 0 Å². The molecule has 0 nitrogen and oxygen atoms in total. The van der Waals surface area contributed by atoms with Crippen molar-refractivity contribution in [2.24, 2.45) is 0 Å². The van der Waals surface area contributed by atoms with Crippen LogP contribution in [0.5, 0.6) is 0 Å². The van der Waals surface area contributed by atoms with Crippen LogP contribution in [0.4, 0.5) is 0 Å². The molecule has 0 atom stereocenters. The predicted molar refractivity (Wildman–Crippen MR) is 52.5 cm³/mol. The fraction of sp³-hybridized carbons (Fsp3) is 0.364. The lowest BCUT2D eigenvalue weighted by atomic mass is 10.1. The van der Waals surface area contributed by atoms with E-state index in [0.29, 0.717) is 0 Å². The second kappa shape index (κ2) is 3.10. The minimum atomic E-state index is 0.747. The molecule has 0 N–H and O–H groups in total. The number of rotatable bonds is 2. The zero-order valence-corrected chi connectivity index (χ0v) is 7.77. The Balaban J connectivity index is 2.32. The molecular weight excluding hydrogens is 168 g/mol. The van der Waals surface area contributed by atoms with Gasteiger partial charge >= 0.3 is 0 Å². The van der Waals surface area contributed by atoms with Crippen LogP contribution < -0.4 is 0 Å². The average molecular weight is 180 g/mol. The predicted octanol–water partition coefficient (Wildman–Crippen LogP) is 3.59. The van der Waals surface area contributed by atoms with E-state index in [1.54, 1.807) is 0 Å². The lowest BCUT2D eigenvalue weighted by Crippen LogP contribution is -1.85. The van der Waals surface area contributed by atoms with Crippen molar-refractivity contribution in [2.45, 2.75) is 25.2 Å². The Morgan fingerprint density at radius 1 is 1.42 bits per heavy atom. The first-order valence-electron chi connectivity index (χ1n) is 4.39. The van der Waals surface area contributed by atoms with Gasteiger partial charge in [0.15, 0.2) is 0 Å². The summed E-state index contributed by atoms with van der Waals surface area (Å²) < 4.78 is 0. The molecule has 0 aromatic heterocycles. The third-order valence-corrected chi connectivity index (χ3v) is 2.70. The zero-order chi connectivity index (χ0) is 8.55. The van der Waals surface area contributed by atoms with E-state index < -0.39 is 0 Å². The molecule has 1 aliphatic rings. The summed E-state index contributed by atoms with van der Waals surface area (Å²) in [5.74, 6) is 0.747. The summed E-state index contributed by atoms with van der Waals surface area (Å²) in [6.07, 6.45) is 3.44. The summed E-state index contributed by atoms with van der Waals surface area (Å²) in [6.45, 7) is 3.83. The molecule has 1 heteroatoms. The number of halogens is 1. The largest absolute Gasteiger partial charge is 0.0840 e. The molecule has 1 saturated carbocycles. The Labute approximate surface area is 78.6 Å². The van der Waals surface area contributed by atoms with Crippen LogP contribution in [0.1, 0.15) is 29.9 Å². The van der Waals surface area contributed by atoms with Crippen LogP contribution in [0.2, 0.25) is 5.02 Å². The van der Waals surface area contributed by atoms with Crippen LogP contribution in [0, 0.1) is 6.92 Å². The standard InChI is InChI=1S/C11H12Cl/c1-2-8-3-6-10(9-4-5-9)11(12)7-8/h3,6-7,9H,1-2,4-5H2. The highest BCUT2D eigenvalue weighted by Gasteiger charge is 2.25. The van der Waals surface area contributed by atoms with Gasteiger partial charge in [-0.3, -0.25) is 0 Å². The summed E-state index contributed by atoms with van der Waals surface area (Å²) in [5, 5.41) is 0.929. The summed E-state index contributed by atoms with van der Waals surface area (Å²) in [5.41, 5.74) is 2.55. The first-order valence-corrected chi connectivity index (χ1v) is 4.76. The molecule has 0 bridgehead atoms. The van der Waals surface area contributed by atoms with Crippen molar-refractivity contribution in [3.8, 4) is 0 Å². The van der Waals surface area contributed by atoms with Gasteiger partial charge in [-0.25, -0.2) is 0 Å². The number of benzene rings is 1. The van der Waals surface area contributed by atoms with E-state index >= 15 is 0 Å². The zero-order valence-electron chi connectivity index (χ0n) is 7.02. The van der Waals surface area contributed by atoms with Crippen LogP contribution >= 0.6 is 11.6 Å². The molecule has 0 aliphatic heterocycles. The Bertz CT molecular complexity index is 287. The van der Waals surface area contributed by atoms with E-state index in [1.165, 1.54) is 24.0 Å². The number of hydrogen-bond acceptors (Lipinski definition) is 0. The van der Waals surface area contributed by atoms with Crippen LogP contribution in [0.15, 0.2) is 18.2 Å². The summed E-state index contributed by atoms with van der Waals surface area (Å²) in [4.78, 5) is 0. The Kier molecular flexibility index (Phi) is 2.10. The second-order valence-electron chi connectivity index (χ2n) is 3.38. The van der Waals surface area contributed by atoms with E-state index in [0.717, 1.165) is 17.4 Å². The van der Waals surface area contributed by atoms with E-state index in [-0.39, 0.29) is 0 Å². The molecule has 63 valence electrons. The molecule has 0 saturated heterocycles. The van der Waals surface area contributed by atoms with Crippen LogP contribution in [-0.4, -0.2) is 0 Å². The Hall–Kier alpha value is -0.490. The van der Waals surface area contributed by atoms with Gasteiger partial charge in [0.25, 0.3) is 0 Å². The summed E-state index contributed by atoms with van der Waals surface area (Å²) in [7, 11) is 0. The molecular formula is C11H12Cl. The minimum absolute atomic E-state index is 0.747. The molecule has 2 rings (SSSR count). The molecule has 0 spiro atoms. The monoisotopic (exact) mass is 179 g/mol. The van der Waals surface area contributed by atoms with Crippen molar-refractivity contribution in [1.29, 1.82) is 0 Å². The summed E-state index contributed by atoms with van der Waals surface area (Å²) >= 11 is 6.12. The van der Waals surface area contributed by atoms with Gasteiger partial charge < -0.3 is 0 Å². The average Bonchev–Trinajstić information content (AvgIpc) is 2.87. The van der Waals surface area contributed by atoms with Gasteiger partial charge in [-0.15, -0.1) is 0 Å². The second-order valence-corrected chi connectivity index (χ2v) is 3.79. The smallest absolute Gasteiger partial charge is 0.0443 e. The highest BCUT2D eigenvalue weighted by atomic mass is 35.5. The molecule has 12 heavy (non-hydrogen) atoms. The maximum Gasteiger partial charge on any atom is 0.0443 e. The third-order valence-electron chi connectivity index (χ3n) is 2.37.